The zero-order valence-electron chi connectivity index (χ0n) is 20.3. The molecular formula is C27H25ClN6O2S. The van der Waals surface area contributed by atoms with Crippen molar-refractivity contribution < 1.29 is 9.53 Å². The zero-order valence-corrected chi connectivity index (χ0v) is 21.8. The van der Waals surface area contributed by atoms with Gasteiger partial charge in [-0.2, -0.15) is 0 Å². The zero-order chi connectivity index (χ0) is 25.9. The number of ether oxygens (including phenoxy) is 1. The summed E-state index contributed by atoms with van der Waals surface area (Å²) >= 11 is 12.4. The molecule has 0 saturated carbocycles. The molecule has 0 unspecified atom stereocenters. The third-order valence-corrected chi connectivity index (χ3v) is 6.73. The third-order valence-electron chi connectivity index (χ3n) is 6.10. The number of methoxy groups -OCH3 is 1. The topological polar surface area (TPSA) is 84.3 Å². The van der Waals surface area contributed by atoms with Crippen LogP contribution >= 0.6 is 23.8 Å². The molecule has 10 heteroatoms. The van der Waals surface area contributed by atoms with Crippen molar-refractivity contribution in [2.24, 2.45) is 0 Å². The lowest BCUT2D eigenvalue weighted by molar-refractivity contribution is -0.119. The van der Waals surface area contributed by atoms with Gasteiger partial charge in [0.2, 0.25) is 5.91 Å². The molecule has 0 radical (unpaired) electrons. The molecular weight excluding hydrogens is 508 g/mol. The maximum absolute atomic E-state index is 12.0. The monoisotopic (exact) mass is 532 g/mol. The highest BCUT2D eigenvalue weighted by Gasteiger charge is 2.42. The minimum absolute atomic E-state index is 0.0594. The number of benzene rings is 1. The van der Waals surface area contributed by atoms with Gasteiger partial charge in [-0.05, 0) is 73.2 Å². The van der Waals surface area contributed by atoms with Gasteiger partial charge in [0.15, 0.2) is 5.11 Å². The van der Waals surface area contributed by atoms with Crippen LogP contribution in [0.15, 0.2) is 79.3 Å². The van der Waals surface area contributed by atoms with Crippen LogP contribution < -0.4 is 15.5 Å². The summed E-state index contributed by atoms with van der Waals surface area (Å²) in [6.07, 6.45) is 5.61. The first kappa shape index (κ1) is 24.9. The van der Waals surface area contributed by atoms with Gasteiger partial charge in [-0.15, -0.1) is 0 Å². The Bertz CT molecular complexity index is 1430. The number of thiocarbonyl (C=S) groups is 1. The molecule has 8 nitrogen and oxygen atoms in total. The maximum atomic E-state index is 12.0. The average molecular weight is 533 g/mol. The van der Waals surface area contributed by atoms with E-state index in [4.69, 9.17) is 28.6 Å². The quantitative estimate of drug-likeness (QED) is 0.324. The van der Waals surface area contributed by atoms with Gasteiger partial charge in [-0.25, -0.2) is 4.98 Å². The van der Waals surface area contributed by atoms with Gasteiger partial charge in [0, 0.05) is 37.1 Å². The van der Waals surface area contributed by atoms with Gasteiger partial charge in [0.05, 0.1) is 22.4 Å². The van der Waals surface area contributed by atoms with Crippen molar-refractivity contribution in [1.29, 1.82) is 0 Å². The van der Waals surface area contributed by atoms with Crippen LogP contribution in [0.3, 0.4) is 0 Å². The number of pyridine rings is 2. The van der Waals surface area contributed by atoms with Gasteiger partial charge in [0.25, 0.3) is 0 Å². The fourth-order valence-corrected chi connectivity index (χ4v) is 5.02. The molecule has 0 spiro atoms. The second-order valence-electron chi connectivity index (χ2n) is 8.64. The summed E-state index contributed by atoms with van der Waals surface area (Å²) in [5.74, 6) is 0.518. The molecule has 0 bridgehead atoms. The minimum atomic E-state index is -0.285. The number of hydrogen-bond donors (Lipinski definition) is 2. The van der Waals surface area contributed by atoms with Crippen LogP contribution in [0.25, 0.3) is 5.82 Å². The molecule has 188 valence electrons. The number of anilines is 2. The number of aryl methyl sites for hydroxylation is 1. The molecule has 2 N–H and O–H groups in total. The highest BCUT2D eigenvalue weighted by atomic mass is 35.5. The van der Waals surface area contributed by atoms with E-state index < -0.39 is 0 Å². The average Bonchev–Trinajstić information content (AvgIpc) is 3.51. The van der Waals surface area contributed by atoms with Gasteiger partial charge in [-0.3, -0.25) is 9.78 Å². The Morgan fingerprint density at radius 1 is 1.16 bits per heavy atom. The molecule has 1 aromatic carbocycles. The van der Waals surface area contributed by atoms with E-state index in [1.165, 1.54) is 7.11 Å². The van der Waals surface area contributed by atoms with Crippen LogP contribution in [0.4, 0.5) is 11.4 Å². The predicted molar refractivity (Wildman–Crippen MR) is 148 cm³/mol. The van der Waals surface area contributed by atoms with Crippen molar-refractivity contribution in [2.45, 2.75) is 19.0 Å². The van der Waals surface area contributed by atoms with Crippen LogP contribution in [0.5, 0.6) is 0 Å². The van der Waals surface area contributed by atoms with E-state index >= 15 is 0 Å². The third kappa shape index (κ3) is 5.06. The van der Waals surface area contributed by atoms with Gasteiger partial charge in [-0.1, -0.05) is 23.7 Å². The van der Waals surface area contributed by atoms with Crippen LogP contribution in [0, 0.1) is 6.92 Å². The SMILES string of the molecule is COCC(=O)Nc1ccc(N2C(=S)N[C@@H](c3ccccn3)[C@@H]2c2cccn2-c2ccc(C)cn2)cc1Cl. The fourth-order valence-electron chi connectivity index (χ4n) is 4.45. The number of aromatic nitrogens is 3. The Balaban J connectivity index is 1.58. The minimum Gasteiger partial charge on any atom is -0.375 e. The molecule has 37 heavy (non-hydrogen) atoms. The maximum Gasteiger partial charge on any atom is 0.250 e. The van der Waals surface area contributed by atoms with Crippen molar-refractivity contribution in [3.05, 3.63) is 101 Å². The Morgan fingerprint density at radius 2 is 2.03 bits per heavy atom. The van der Waals surface area contributed by atoms with Crippen LogP contribution in [-0.2, 0) is 9.53 Å². The van der Waals surface area contributed by atoms with Crippen molar-refractivity contribution in [1.82, 2.24) is 19.9 Å². The van der Waals surface area contributed by atoms with Crippen molar-refractivity contribution in [2.75, 3.05) is 23.9 Å². The van der Waals surface area contributed by atoms with E-state index in [0.29, 0.717) is 15.8 Å². The first-order valence-corrected chi connectivity index (χ1v) is 12.4. The normalized spacial score (nSPS) is 17.1. The number of rotatable bonds is 7. The molecule has 5 rings (SSSR count). The number of carbonyl (C=O) groups is 1. The van der Waals surface area contributed by atoms with E-state index in [1.54, 1.807) is 18.3 Å². The highest BCUT2D eigenvalue weighted by Crippen LogP contribution is 2.43. The fraction of sp³-hybridized carbons (Fsp3) is 0.185. The Morgan fingerprint density at radius 3 is 2.73 bits per heavy atom. The Kier molecular flexibility index (Phi) is 7.18. The number of halogens is 1. The van der Waals surface area contributed by atoms with Crippen LogP contribution in [0.2, 0.25) is 5.02 Å². The molecule has 4 heterocycles. The summed E-state index contributed by atoms with van der Waals surface area (Å²) in [5, 5.41) is 7.15. The second kappa shape index (κ2) is 10.7. The lowest BCUT2D eigenvalue weighted by Gasteiger charge is -2.29. The van der Waals surface area contributed by atoms with Crippen molar-refractivity contribution in [3.63, 3.8) is 0 Å². The molecule has 4 aromatic rings. The van der Waals surface area contributed by atoms with E-state index in [2.05, 4.69) is 31.2 Å². The lowest BCUT2D eigenvalue weighted by atomic mass is 10.0. The lowest BCUT2D eigenvalue weighted by Crippen LogP contribution is -2.30. The number of hydrogen-bond acceptors (Lipinski definition) is 5. The van der Waals surface area contributed by atoms with E-state index in [9.17, 15) is 4.79 Å². The molecule has 2 atom stereocenters. The summed E-state index contributed by atoms with van der Waals surface area (Å²) in [5.41, 5.74) is 4.20. The first-order valence-electron chi connectivity index (χ1n) is 11.7. The molecule has 0 aliphatic carbocycles. The number of carbonyl (C=O) groups excluding carboxylic acids is 1. The summed E-state index contributed by atoms with van der Waals surface area (Å²) in [7, 11) is 1.46. The summed E-state index contributed by atoms with van der Waals surface area (Å²) < 4.78 is 6.96. The van der Waals surface area contributed by atoms with E-state index in [0.717, 1.165) is 28.5 Å². The summed E-state index contributed by atoms with van der Waals surface area (Å²) in [6.45, 7) is 1.95. The van der Waals surface area contributed by atoms with E-state index in [1.807, 2.05) is 66.7 Å². The molecule has 3 aromatic heterocycles. The van der Waals surface area contributed by atoms with Crippen molar-refractivity contribution >= 4 is 46.2 Å². The van der Waals surface area contributed by atoms with Gasteiger partial charge >= 0.3 is 0 Å². The largest absolute Gasteiger partial charge is 0.375 e. The number of amides is 1. The Labute approximate surface area is 225 Å². The summed E-state index contributed by atoms with van der Waals surface area (Å²) in [6, 6.07) is 18.9. The van der Waals surface area contributed by atoms with Crippen molar-refractivity contribution in [3.8, 4) is 5.82 Å². The Hall–Kier alpha value is -3.79. The standard InChI is InChI=1S/C27H25ClN6O2S/c1-17-8-11-23(30-15-17)33-13-5-7-22(33)26-25(21-6-3-4-12-29-21)32-27(37)34(26)18-9-10-20(19(28)14-18)31-24(35)16-36-2/h3-15,25-26H,16H2,1-2H3,(H,31,35)(H,32,37)/t25-,26-/m0/s1. The molecule has 1 aliphatic rings. The summed E-state index contributed by atoms with van der Waals surface area (Å²) in [4.78, 5) is 23.3. The molecule has 1 amide bonds. The predicted octanol–water partition coefficient (Wildman–Crippen LogP) is 4.99. The highest BCUT2D eigenvalue weighted by molar-refractivity contribution is 7.80. The van der Waals surface area contributed by atoms with Gasteiger partial charge < -0.3 is 24.8 Å². The molecule has 1 saturated heterocycles. The molecule has 1 fully saturated rings. The number of nitrogens with one attached hydrogen (secondary N) is 2. The van der Waals surface area contributed by atoms with E-state index in [-0.39, 0.29) is 24.6 Å². The first-order chi connectivity index (χ1) is 18.0. The van der Waals surface area contributed by atoms with Gasteiger partial charge in [0.1, 0.15) is 18.5 Å². The second-order valence-corrected chi connectivity index (χ2v) is 9.43. The number of nitrogens with zero attached hydrogens (tertiary/aromatic N) is 4. The van der Waals surface area contributed by atoms with Crippen LogP contribution in [-0.4, -0.2) is 39.3 Å². The smallest absolute Gasteiger partial charge is 0.250 e. The molecule has 1 aliphatic heterocycles. The van der Waals surface area contributed by atoms with Crippen LogP contribution in [0.1, 0.15) is 29.0 Å².